The Labute approximate surface area is 219 Å². The van der Waals surface area contributed by atoms with E-state index in [0.717, 1.165) is 65.9 Å². The van der Waals surface area contributed by atoms with E-state index in [1.165, 1.54) is 17.4 Å². The lowest BCUT2D eigenvalue weighted by atomic mass is 9.65. The van der Waals surface area contributed by atoms with Crippen molar-refractivity contribution in [3.63, 3.8) is 0 Å². The van der Waals surface area contributed by atoms with Gasteiger partial charge in [0.25, 0.3) is 5.91 Å². The molecule has 1 N–H and O–H groups in total. The highest BCUT2D eigenvalue weighted by atomic mass is 32.1. The number of aromatic nitrogens is 3. The Hall–Kier alpha value is -3.78. The predicted molar refractivity (Wildman–Crippen MR) is 147 cm³/mol. The minimum absolute atomic E-state index is 0.00867. The molecule has 188 valence electrons. The Bertz CT molecular complexity index is 1510. The monoisotopic (exact) mass is 511 g/mol. The molecule has 0 atom stereocenters. The van der Waals surface area contributed by atoms with Crippen molar-refractivity contribution in [2.45, 2.75) is 38.6 Å². The smallest absolute Gasteiger partial charge is 0.268 e. The molecule has 2 fully saturated rings. The third kappa shape index (κ3) is 4.25. The number of rotatable bonds is 6. The molecular formula is C29H29N5O2S. The fourth-order valence-electron chi connectivity index (χ4n) is 5.81. The summed E-state index contributed by atoms with van der Waals surface area (Å²) in [5, 5.41) is 3.10. The molecule has 3 aromatic heterocycles. The lowest BCUT2D eigenvalue weighted by molar-refractivity contribution is -0.125. The molecule has 1 saturated carbocycles. The van der Waals surface area contributed by atoms with Gasteiger partial charge in [0.15, 0.2) is 0 Å². The van der Waals surface area contributed by atoms with E-state index in [0.29, 0.717) is 10.8 Å². The van der Waals surface area contributed by atoms with Gasteiger partial charge < -0.3 is 9.47 Å². The average Bonchev–Trinajstić information content (AvgIpc) is 3.64. The van der Waals surface area contributed by atoms with Crippen LogP contribution in [-0.4, -0.2) is 44.3 Å². The number of nitrogens with one attached hydrogen (secondary N) is 1. The van der Waals surface area contributed by atoms with Gasteiger partial charge in [-0.1, -0.05) is 25.6 Å². The number of carbonyl (C=O) groups excluding carboxylic acids is 2. The standard InChI is InChI=1S/C29H29N5O2S/c1-3-20-15-19(11-13-30-20)24-9-10-25(37-24)27(36)32-28-31-22-7-5-6-8-23(22)34(28)21-16-29(17-21)12-14-33(18-29)26(35)4-2/h4-11,13,15,21H,2-3,12,14,16-18H2,1H3,(H,31,32,36). The number of amides is 2. The summed E-state index contributed by atoms with van der Waals surface area (Å²) in [5.74, 6) is 0.430. The molecule has 6 rings (SSSR count). The van der Waals surface area contributed by atoms with Crippen molar-refractivity contribution in [1.29, 1.82) is 0 Å². The first-order valence-electron chi connectivity index (χ1n) is 12.7. The van der Waals surface area contributed by atoms with Crippen LogP contribution in [0.15, 0.2) is 67.4 Å². The number of hydrogen-bond donors (Lipinski definition) is 1. The Balaban J connectivity index is 1.23. The molecule has 4 aromatic rings. The van der Waals surface area contributed by atoms with Crippen LogP contribution in [0.4, 0.5) is 5.95 Å². The number of fused-ring (bicyclic) bond motifs is 1. The Morgan fingerprint density at radius 3 is 2.86 bits per heavy atom. The summed E-state index contributed by atoms with van der Waals surface area (Å²) in [5.41, 5.74) is 4.13. The van der Waals surface area contributed by atoms with Gasteiger partial charge in [-0.05, 0) is 79.1 Å². The van der Waals surface area contributed by atoms with Gasteiger partial charge in [-0.3, -0.25) is 19.9 Å². The summed E-state index contributed by atoms with van der Waals surface area (Å²) >= 11 is 1.47. The Morgan fingerprint density at radius 2 is 2.05 bits per heavy atom. The summed E-state index contributed by atoms with van der Waals surface area (Å²) in [6, 6.07) is 16.2. The molecule has 1 aliphatic heterocycles. The van der Waals surface area contributed by atoms with Gasteiger partial charge in [0.2, 0.25) is 11.9 Å². The normalized spacial score (nSPS) is 20.8. The molecule has 1 aromatic carbocycles. The third-order valence-corrected chi connectivity index (χ3v) is 8.87. The fraction of sp³-hybridized carbons (Fsp3) is 0.310. The van der Waals surface area contributed by atoms with Crippen LogP contribution in [-0.2, 0) is 11.2 Å². The average molecular weight is 512 g/mol. The topological polar surface area (TPSA) is 80.1 Å². The highest BCUT2D eigenvalue weighted by Gasteiger charge is 2.50. The van der Waals surface area contributed by atoms with Crippen LogP contribution in [0, 0.1) is 5.41 Å². The number of nitrogens with zero attached hydrogens (tertiary/aromatic N) is 4. The minimum atomic E-state index is -0.157. The lowest BCUT2D eigenvalue weighted by Gasteiger charge is -2.46. The molecule has 2 aliphatic rings. The summed E-state index contributed by atoms with van der Waals surface area (Å²) in [6.45, 7) is 7.27. The van der Waals surface area contributed by atoms with Crippen LogP contribution in [0.5, 0.6) is 0 Å². The van der Waals surface area contributed by atoms with Gasteiger partial charge in [0.1, 0.15) is 0 Å². The number of benzene rings is 1. The van der Waals surface area contributed by atoms with Crippen LogP contribution < -0.4 is 5.32 Å². The Morgan fingerprint density at radius 1 is 1.22 bits per heavy atom. The number of likely N-dealkylation sites (tertiary alicyclic amines) is 1. The Kier molecular flexibility index (Phi) is 5.91. The zero-order valence-corrected chi connectivity index (χ0v) is 21.6. The molecular weight excluding hydrogens is 482 g/mol. The quantitative estimate of drug-likeness (QED) is 0.336. The number of anilines is 1. The molecule has 7 nitrogen and oxygen atoms in total. The van der Waals surface area contributed by atoms with Crippen molar-refractivity contribution in [3.05, 3.63) is 78.0 Å². The number of aryl methyl sites for hydroxylation is 1. The van der Waals surface area contributed by atoms with Crippen molar-refractivity contribution in [3.8, 4) is 10.4 Å². The molecule has 1 aliphatic carbocycles. The molecule has 0 bridgehead atoms. The van der Waals surface area contributed by atoms with Gasteiger partial charge in [0.05, 0.1) is 15.9 Å². The zero-order chi connectivity index (χ0) is 25.6. The molecule has 1 saturated heterocycles. The van der Waals surface area contributed by atoms with E-state index in [-0.39, 0.29) is 23.3 Å². The second-order valence-electron chi connectivity index (χ2n) is 10.1. The molecule has 2 amide bonds. The van der Waals surface area contributed by atoms with E-state index < -0.39 is 0 Å². The largest absolute Gasteiger partial charge is 0.339 e. The molecule has 1 spiro atoms. The number of thiophene rings is 1. The van der Waals surface area contributed by atoms with Gasteiger partial charge in [0, 0.05) is 35.9 Å². The van der Waals surface area contributed by atoms with Gasteiger partial charge in [-0.25, -0.2) is 4.98 Å². The van der Waals surface area contributed by atoms with Gasteiger partial charge in [-0.2, -0.15) is 0 Å². The maximum absolute atomic E-state index is 13.3. The second-order valence-corrected chi connectivity index (χ2v) is 11.2. The van der Waals surface area contributed by atoms with Crippen LogP contribution >= 0.6 is 11.3 Å². The SMILES string of the molecule is C=CC(=O)N1CCC2(CC(n3c(NC(=O)c4ccc(-c5ccnc(CC)c5)s4)nc4ccccc43)C2)C1. The first-order valence-corrected chi connectivity index (χ1v) is 13.5. The van der Waals surface area contributed by atoms with E-state index in [4.69, 9.17) is 4.98 Å². The molecule has 0 unspecified atom stereocenters. The molecule has 8 heteroatoms. The summed E-state index contributed by atoms with van der Waals surface area (Å²) < 4.78 is 2.18. The minimum Gasteiger partial charge on any atom is -0.339 e. The van der Waals surface area contributed by atoms with E-state index in [9.17, 15) is 9.59 Å². The van der Waals surface area contributed by atoms with Crippen molar-refractivity contribution in [2.24, 2.45) is 5.41 Å². The van der Waals surface area contributed by atoms with E-state index in [1.807, 2.05) is 47.5 Å². The van der Waals surface area contributed by atoms with Crippen molar-refractivity contribution >= 4 is 40.1 Å². The molecule has 0 radical (unpaired) electrons. The number of imidazole rings is 1. The number of para-hydroxylation sites is 2. The zero-order valence-electron chi connectivity index (χ0n) is 20.8. The molecule has 4 heterocycles. The maximum atomic E-state index is 13.3. The fourth-order valence-corrected chi connectivity index (χ4v) is 6.71. The van der Waals surface area contributed by atoms with E-state index >= 15 is 0 Å². The van der Waals surface area contributed by atoms with Gasteiger partial charge in [-0.15, -0.1) is 11.3 Å². The van der Waals surface area contributed by atoms with Crippen LogP contribution in [0.1, 0.15) is 47.6 Å². The van der Waals surface area contributed by atoms with Crippen molar-refractivity contribution in [2.75, 3.05) is 18.4 Å². The summed E-state index contributed by atoms with van der Waals surface area (Å²) in [6.07, 6.45) is 7.01. The first-order chi connectivity index (χ1) is 18.0. The van der Waals surface area contributed by atoms with Crippen LogP contribution in [0.25, 0.3) is 21.5 Å². The van der Waals surface area contributed by atoms with Crippen molar-refractivity contribution < 1.29 is 9.59 Å². The lowest BCUT2D eigenvalue weighted by Crippen LogP contribution is -2.42. The van der Waals surface area contributed by atoms with Gasteiger partial charge >= 0.3 is 0 Å². The van der Waals surface area contributed by atoms with Crippen LogP contribution in [0.2, 0.25) is 0 Å². The second kappa shape index (κ2) is 9.27. The maximum Gasteiger partial charge on any atom is 0.268 e. The number of hydrogen-bond acceptors (Lipinski definition) is 5. The highest BCUT2D eigenvalue weighted by molar-refractivity contribution is 7.17. The van der Waals surface area contributed by atoms with E-state index in [1.54, 1.807) is 0 Å². The molecule has 37 heavy (non-hydrogen) atoms. The van der Waals surface area contributed by atoms with Crippen LogP contribution in [0.3, 0.4) is 0 Å². The summed E-state index contributed by atoms with van der Waals surface area (Å²) in [4.78, 5) is 38.2. The van der Waals surface area contributed by atoms with Crippen molar-refractivity contribution in [1.82, 2.24) is 19.4 Å². The third-order valence-electron chi connectivity index (χ3n) is 7.74. The summed E-state index contributed by atoms with van der Waals surface area (Å²) in [7, 11) is 0. The predicted octanol–water partition coefficient (Wildman–Crippen LogP) is 5.71. The van der Waals surface area contributed by atoms with E-state index in [2.05, 4.69) is 40.5 Å². The first kappa shape index (κ1) is 23.6. The number of pyridine rings is 1. The highest BCUT2D eigenvalue weighted by Crippen LogP contribution is 2.55. The number of carbonyl (C=O) groups is 2.